The van der Waals surface area contributed by atoms with Gasteiger partial charge in [-0.3, -0.25) is 0 Å². The second-order valence-electron chi connectivity index (χ2n) is 5.28. The molecule has 0 saturated heterocycles. The summed E-state index contributed by atoms with van der Waals surface area (Å²) in [7, 11) is 1.75. The Morgan fingerprint density at radius 2 is 2.00 bits per heavy atom. The van der Waals surface area contributed by atoms with Crippen molar-refractivity contribution in [2.24, 2.45) is 11.8 Å². The highest BCUT2D eigenvalue weighted by atomic mass is 16.5. The summed E-state index contributed by atoms with van der Waals surface area (Å²) in [6.45, 7) is 4.64. The molecule has 1 fully saturated rings. The van der Waals surface area contributed by atoms with E-state index in [4.69, 9.17) is 4.74 Å². The smallest absolute Gasteiger partial charge is 0.0816 e. The normalized spacial score (nSPS) is 21.9. The van der Waals surface area contributed by atoms with Gasteiger partial charge in [0.2, 0.25) is 0 Å². The van der Waals surface area contributed by atoms with Crippen molar-refractivity contribution in [3.8, 4) is 0 Å². The molecule has 1 aliphatic carbocycles. The van der Waals surface area contributed by atoms with Crippen LogP contribution in [-0.4, -0.2) is 7.11 Å². The topological polar surface area (TPSA) is 9.23 Å². The van der Waals surface area contributed by atoms with Crippen LogP contribution in [0.5, 0.6) is 0 Å². The molecule has 0 amide bonds. The molecule has 0 spiro atoms. The average Bonchev–Trinajstić information content (AvgIpc) is 2.20. The van der Waals surface area contributed by atoms with Crippen molar-refractivity contribution in [1.82, 2.24) is 0 Å². The lowest BCUT2D eigenvalue weighted by Gasteiger charge is -2.23. The van der Waals surface area contributed by atoms with Gasteiger partial charge in [0.1, 0.15) is 0 Å². The zero-order valence-electron chi connectivity index (χ0n) is 10.6. The Hall–Kier alpha value is -0.460. The third-order valence-corrected chi connectivity index (χ3v) is 3.43. The summed E-state index contributed by atoms with van der Waals surface area (Å²) >= 11 is 0. The van der Waals surface area contributed by atoms with Crippen LogP contribution in [-0.2, 0) is 4.74 Å². The second-order valence-corrected chi connectivity index (χ2v) is 5.28. The van der Waals surface area contributed by atoms with E-state index in [0.717, 1.165) is 11.8 Å². The predicted molar refractivity (Wildman–Crippen MR) is 65.7 cm³/mol. The molecule has 88 valence electrons. The van der Waals surface area contributed by atoms with Crippen molar-refractivity contribution >= 4 is 0 Å². The quantitative estimate of drug-likeness (QED) is 0.606. The number of allylic oxidation sites excluding steroid dienone is 1. The Morgan fingerprint density at radius 3 is 2.53 bits per heavy atom. The minimum Gasteiger partial charge on any atom is -0.504 e. The standard InChI is InChI=1S/C14H26O/c1-12(2)5-4-6-13-7-9-14(10-8-13)11-15-3/h11-13H,4-10H2,1-3H3. The van der Waals surface area contributed by atoms with Gasteiger partial charge in [0.15, 0.2) is 0 Å². The summed E-state index contributed by atoms with van der Waals surface area (Å²) in [5, 5.41) is 0. The third kappa shape index (κ3) is 5.25. The fourth-order valence-electron chi connectivity index (χ4n) is 2.44. The number of hydrogen-bond donors (Lipinski definition) is 0. The maximum Gasteiger partial charge on any atom is 0.0816 e. The van der Waals surface area contributed by atoms with Gasteiger partial charge in [0.05, 0.1) is 13.4 Å². The molecule has 1 nitrogen and oxygen atoms in total. The van der Waals surface area contributed by atoms with Gasteiger partial charge in [-0.15, -0.1) is 0 Å². The molecule has 15 heavy (non-hydrogen) atoms. The zero-order valence-corrected chi connectivity index (χ0v) is 10.6. The van der Waals surface area contributed by atoms with E-state index in [-0.39, 0.29) is 0 Å². The van der Waals surface area contributed by atoms with Crippen molar-refractivity contribution < 1.29 is 4.74 Å². The van der Waals surface area contributed by atoms with Crippen LogP contribution in [0.15, 0.2) is 11.8 Å². The largest absolute Gasteiger partial charge is 0.504 e. The van der Waals surface area contributed by atoms with E-state index in [1.54, 1.807) is 7.11 Å². The zero-order chi connectivity index (χ0) is 11.1. The van der Waals surface area contributed by atoms with E-state index in [1.165, 1.54) is 50.5 Å². The molecule has 1 rings (SSSR count). The first-order valence-electron chi connectivity index (χ1n) is 6.43. The van der Waals surface area contributed by atoms with Gasteiger partial charge in [0, 0.05) is 0 Å². The van der Waals surface area contributed by atoms with Gasteiger partial charge in [0.25, 0.3) is 0 Å². The first-order chi connectivity index (χ1) is 7.22. The molecular weight excluding hydrogens is 184 g/mol. The molecular formula is C14H26O. The van der Waals surface area contributed by atoms with Gasteiger partial charge < -0.3 is 4.74 Å². The fraction of sp³-hybridized carbons (Fsp3) is 0.857. The highest BCUT2D eigenvalue weighted by Gasteiger charge is 2.16. The van der Waals surface area contributed by atoms with E-state index < -0.39 is 0 Å². The molecule has 0 radical (unpaired) electrons. The van der Waals surface area contributed by atoms with E-state index in [1.807, 2.05) is 6.26 Å². The minimum atomic E-state index is 0.873. The lowest BCUT2D eigenvalue weighted by atomic mass is 9.83. The van der Waals surface area contributed by atoms with Crippen LogP contribution in [0.1, 0.15) is 58.8 Å². The number of hydrogen-bond acceptors (Lipinski definition) is 1. The predicted octanol–water partition coefficient (Wildman–Crippen LogP) is 4.53. The summed E-state index contributed by atoms with van der Waals surface area (Å²) < 4.78 is 5.07. The SMILES string of the molecule is COC=C1CCC(CCCC(C)C)CC1. The van der Waals surface area contributed by atoms with Crippen LogP contribution in [0, 0.1) is 11.8 Å². The van der Waals surface area contributed by atoms with Crippen LogP contribution < -0.4 is 0 Å². The van der Waals surface area contributed by atoms with Crippen LogP contribution >= 0.6 is 0 Å². The van der Waals surface area contributed by atoms with Crippen molar-refractivity contribution in [2.75, 3.05) is 7.11 Å². The summed E-state index contributed by atoms with van der Waals surface area (Å²) in [6, 6.07) is 0. The van der Waals surface area contributed by atoms with Gasteiger partial charge in [-0.25, -0.2) is 0 Å². The number of ether oxygens (including phenoxy) is 1. The lowest BCUT2D eigenvalue weighted by Crippen LogP contribution is -2.08. The van der Waals surface area contributed by atoms with E-state index in [2.05, 4.69) is 13.8 Å². The van der Waals surface area contributed by atoms with Gasteiger partial charge in [-0.1, -0.05) is 33.1 Å². The number of methoxy groups -OCH3 is 1. The maximum absolute atomic E-state index is 5.07. The Labute approximate surface area is 94.9 Å². The molecule has 0 N–H and O–H groups in total. The molecule has 1 saturated carbocycles. The summed E-state index contributed by atoms with van der Waals surface area (Å²) in [5.41, 5.74) is 1.51. The second kappa shape index (κ2) is 6.92. The van der Waals surface area contributed by atoms with Crippen LogP contribution in [0.4, 0.5) is 0 Å². The van der Waals surface area contributed by atoms with Gasteiger partial charge in [-0.05, 0) is 43.1 Å². The molecule has 0 aliphatic heterocycles. The lowest BCUT2D eigenvalue weighted by molar-refractivity contribution is 0.313. The van der Waals surface area contributed by atoms with Crippen LogP contribution in [0.3, 0.4) is 0 Å². The minimum absolute atomic E-state index is 0.873. The summed E-state index contributed by atoms with van der Waals surface area (Å²) in [4.78, 5) is 0. The Balaban J connectivity index is 2.12. The third-order valence-electron chi connectivity index (χ3n) is 3.43. The fourth-order valence-corrected chi connectivity index (χ4v) is 2.44. The molecule has 0 atom stereocenters. The first kappa shape index (κ1) is 12.6. The molecule has 0 heterocycles. The van der Waals surface area contributed by atoms with Gasteiger partial charge in [-0.2, -0.15) is 0 Å². The average molecular weight is 210 g/mol. The Morgan fingerprint density at radius 1 is 1.33 bits per heavy atom. The summed E-state index contributed by atoms with van der Waals surface area (Å²) in [5.74, 6) is 1.86. The highest BCUT2D eigenvalue weighted by molar-refractivity contribution is 5.01. The maximum atomic E-state index is 5.07. The molecule has 0 aromatic carbocycles. The van der Waals surface area contributed by atoms with Crippen molar-refractivity contribution in [2.45, 2.75) is 58.8 Å². The summed E-state index contributed by atoms with van der Waals surface area (Å²) in [6.07, 6.45) is 11.5. The Bertz CT molecular complexity index is 184. The van der Waals surface area contributed by atoms with Crippen LogP contribution in [0.2, 0.25) is 0 Å². The first-order valence-corrected chi connectivity index (χ1v) is 6.43. The molecule has 1 aliphatic rings. The molecule has 0 aromatic heterocycles. The van der Waals surface area contributed by atoms with E-state index in [9.17, 15) is 0 Å². The van der Waals surface area contributed by atoms with Gasteiger partial charge >= 0.3 is 0 Å². The van der Waals surface area contributed by atoms with Crippen LogP contribution in [0.25, 0.3) is 0 Å². The number of rotatable bonds is 5. The monoisotopic (exact) mass is 210 g/mol. The molecule has 1 heteroatoms. The van der Waals surface area contributed by atoms with E-state index in [0.29, 0.717) is 0 Å². The molecule has 0 aromatic rings. The van der Waals surface area contributed by atoms with E-state index >= 15 is 0 Å². The van der Waals surface area contributed by atoms with Crippen molar-refractivity contribution in [3.05, 3.63) is 11.8 Å². The molecule has 0 unspecified atom stereocenters. The highest BCUT2D eigenvalue weighted by Crippen LogP contribution is 2.31. The van der Waals surface area contributed by atoms with Crippen molar-refractivity contribution in [3.63, 3.8) is 0 Å². The van der Waals surface area contributed by atoms with Crippen molar-refractivity contribution in [1.29, 1.82) is 0 Å². The Kier molecular flexibility index (Phi) is 5.82. The molecule has 0 bridgehead atoms.